The molecular formula is C29H34N2O2S. The van der Waals surface area contributed by atoms with Crippen LogP contribution in [0.25, 0.3) is 6.08 Å². The van der Waals surface area contributed by atoms with Crippen molar-refractivity contribution in [3.8, 4) is 0 Å². The van der Waals surface area contributed by atoms with Crippen molar-refractivity contribution in [1.82, 2.24) is 9.80 Å². The summed E-state index contributed by atoms with van der Waals surface area (Å²) >= 11 is 1.76. The first-order valence-electron chi connectivity index (χ1n) is 12.7. The van der Waals surface area contributed by atoms with Gasteiger partial charge in [0.05, 0.1) is 4.91 Å². The Kier molecular flexibility index (Phi) is 7.10. The molecule has 178 valence electrons. The predicted octanol–water partition coefficient (Wildman–Crippen LogP) is 6.05. The molecule has 0 radical (unpaired) electrons. The van der Waals surface area contributed by atoms with Crippen LogP contribution in [0.1, 0.15) is 72.0 Å². The van der Waals surface area contributed by atoms with Crippen LogP contribution in [-0.4, -0.2) is 46.0 Å². The number of amides is 2. The number of hydrogen-bond donors (Lipinski definition) is 0. The number of carbonyl (C=O) groups is 2. The molecule has 34 heavy (non-hydrogen) atoms. The van der Waals surface area contributed by atoms with E-state index in [-0.39, 0.29) is 11.8 Å². The number of rotatable bonds is 4. The Balaban J connectivity index is 1.36. The second kappa shape index (κ2) is 10.4. The molecule has 0 N–H and O–H groups in total. The fraction of sp³-hybridized carbons (Fsp3) is 0.448. The number of carbonyl (C=O) groups excluding carboxylic acids is 2. The van der Waals surface area contributed by atoms with Crippen molar-refractivity contribution in [2.75, 3.05) is 13.1 Å². The van der Waals surface area contributed by atoms with Gasteiger partial charge in [-0.2, -0.15) is 0 Å². The van der Waals surface area contributed by atoms with Gasteiger partial charge in [-0.15, -0.1) is 11.8 Å². The standard InChI is InChI=1S/C29H34N2O2S/c1-21-8-7-9-23(18-21)20-31-25-10-3-4-11-26(25)34-27(29(31)33)19-22-12-14-24(15-13-22)28(32)30-16-5-2-6-17-30/h7-9,12-15,18-19,25-26H,2-6,10-11,16-17,20H2,1H3/b27-19+. The van der Waals surface area contributed by atoms with Crippen LogP contribution in [0.5, 0.6) is 0 Å². The first-order chi connectivity index (χ1) is 16.6. The summed E-state index contributed by atoms with van der Waals surface area (Å²) in [5.41, 5.74) is 4.15. The van der Waals surface area contributed by atoms with Crippen LogP contribution in [0.15, 0.2) is 53.4 Å². The zero-order valence-electron chi connectivity index (χ0n) is 20.0. The first kappa shape index (κ1) is 23.2. The van der Waals surface area contributed by atoms with Crippen molar-refractivity contribution < 1.29 is 9.59 Å². The number of likely N-dealkylation sites (tertiary alicyclic amines) is 1. The number of piperidine rings is 1. The average Bonchev–Trinajstić information content (AvgIpc) is 2.87. The van der Waals surface area contributed by atoms with Gasteiger partial charge in [-0.25, -0.2) is 0 Å². The number of hydrogen-bond acceptors (Lipinski definition) is 3. The average molecular weight is 475 g/mol. The van der Waals surface area contributed by atoms with Crippen molar-refractivity contribution in [2.45, 2.75) is 69.7 Å². The maximum atomic E-state index is 13.6. The molecule has 3 aliphatic rings. The van der Waals surface area contributed by atoms with Crippen LogP contribution < -0.4 is 0 Å². The number of nitrogens with zero attached hydrogens (tertiary/aromatic N) is 2. The van der Waals surface area contributed by atoms with Crippen LogP contribution in [0.2, 0.25) is 0 Å². The number of benzene rings is 2. The quantitative estimate of drug-likeness (QED) is 0.507. The summed E-state index contributed by atoms with van der Waals surface area (Å²) in [5.74, 6) is 0.263. The second-order valence-electron chi connectivity index (χ2n) is 9.91. The molecule has 1 aliphatic carbocycles. The molecule has 2 heterocycles. The molecule has 2 unspecified atom stereocenters. The lowest BCUT2D eigenvalue weighted by Gasteiger charge is -2.44. The summed E-state index contributed by atoms with van der Waals surface area (Å²) in [6.07, 6.45) is 10.1. The monoisotopic (exact) mass is 474 g/mol. The molecule has 0 spiro atoms. The zero-order chi connectivity index (χ0) is 23.5. The van der Waals surface area contributed by atoms with Crippen molar-refractivity contribution in [2.24, 2.45) is 0 Å². The molecule has 0 aromatic heterocycles. The summed E-state index contributed by atoms with van der Waals surface area (Å²) in [5, 5.41) is 0.461. The van der Waals surface area contributed by atoms with E-state index in [1.54, 1.807) is 11.8 Å². The van der Waals surface area contributed by atoms with Gasteiger partial charge in [0.15, 0.2) is 0 Å². The number of fused-ring (bicyclic) bond motifs is 1. The van der Waals surface area contributed by atoms with Crippen molar-refractivity contribution in [3.05, 3.63) is 75.7 Å². The van der Waals surface area contributed by atoms with Crippen molar-refractivity contribution in [1.29, 1.82) is 0 Å². The number of thioether (sulfide) groups is 1. The first-order valence-corrected chi connectivity index (χ1v) is 13.6. The van der Waals surface area contributed by atoms with Gasteiger partial charge in [0, 0.05) is 36.5 Å². The fourth-order valence-corrected chi connectivity index (χ4v) is 6.99. The molecule has 2 atom stereocenters. The lowest BCUT2D eigenvalue weighted by atomic mass is 9.92. The van der Waals surface area contributed by atoms with Crippen molar-refractivity contribution in [3.63, 3.8) is 0 Å². The third-order valence-electron chi connectivity index (χ3n) is 7.35. The summed E-state index contributed by atoms with van der Waals surface area (Å²) < 4.78 is 0. The molecule has 2 amide bonds. The SMILES string of the molecule is Cc1cccc(CN2C(=O)/C(=C\c3ccc(C(=O)N4CCCCC4)cc3)SC3CCCCC32)c1. The second-order valence-corrected chi connectivity index (χ2v) is 11.2. The predicted molar refractivity (Wildman–Crippen MR) is 140 cm³/mol. The van der Waals surface area contributed by atoms with Gasteiger partial charge in [0.25, 0.3) is 11.8 Å². The molecule has 5 rings (SSSR count). The zero-order valence-corrected chi connectivity index (χ0v) is 20.9. The molecular weight excluding hydrogens is 440 g/mol. The molecule has 2 saturated heterocycles. The Morgan fingerprint density at radius 3 is 2.53 bits per heavy atom. The molecule has 3 fully saturated rings. The lowest BCUT2D eigenvalue weighted by molar-refractivity contribution is -0.130. The van der Waals surface area contributed by atoms with Crippen LogP contribution in [0, 0.1) is 6.92 Å². The highest BCUT2D eigenvalue weighted by Crippen LogP contribution is 2.42. The van der Waals surface area contributed by atoms with E-state index < -0.39 is 0 Å². The highest BCUT2D eigenvalue weighted by molar-refractivity contribution is 8.04. The van der Waals surface area contributed by atoms with Gasteiger partial charge in [-0.3, -0.25) is 9.59 Å². The maximum Gasteiger partial charge on any atom is 0.260 e. The van der Waals surface area contributed by atoms with Gasteiger partial charge in [0.1, 0.15) is 0 Å². The molecule has 5 heteroatoms. The van der Waals surface area contributed by atoms with Crippen LogP contribution in [0.4, 0.5) is 0 Å². The minimum Gasteiger partial charge on any atom is -0.339 e. The number of aryl methyl sites for hydroxylation is 1. The topological polar surface area (TPSA) is 40.6 Å². The highest BCUT2D eigenvalue weighted by Gasteiger charge is 2.40. The highest BCUT2D eigenvalue weighted by atomic mass is 32.2. The van der Waals surface area contributed by atoms with Crippen LogP contribution in [0.3, 0.4) is 0 Å². The van der Waals surface area contributed by atoms with E-state index >= 15 is 0 Å². The molecule has 4 nitrogen and oxygen atoms in total. The van der Waals surface area contributed by atoms with Crippen LogP contribution in [-0.2, 0) is 11.3 Å². The Labute approximate surface area is 207 Å². The van der Waals surface area contributed by atoms with Gasteiger partial charge in [-0.05, 0) is 68.4 Å². The Morgan fingerprint density at radius 1 is 1.00 bits per heavy atom. The third-order valence-corrected chi connectivity index (χ3v) is 8.75. The fourth-order valence-electron chi connectivity index (χ4n) is 5.52. The Hall–Kier alpha value is -2.53. The normalized spacial score (nSPS) is 24.3. The van der Waals surface area contributed by atoms with E-state index in [0.29, 0.717) is 17.8 Å². The maximum absolute atomic E-state index is 13.6. The van der Waals surface area contributed by atoms with Crippen LogP contribution >= 0.6 is 11.8 Å². The summed E-state index contributed by atoms with van der Waals surface area (Å²) in [6, 6.07) is 16.6. The van der Waals surface area contributed by atoms with Gasteiger partial charge < -0.3 is 9.80 Å². The minimum atomic E-state index is 0.122. The molecule has 2 aromatic carbocycles. The summed E-state index contributed by atoms with van der Waals surface area (Å²) in [6.45, 7) is 4.48. The van der Waals surface area contributed by atoms with E-state index in [1.165, 1.54) is 30.4 Å². The largest absolute Gasteiger partial charge is 0.339 e. The minimum absolute atomic E-state index is 0.122. The third kappa shape index (κ3) is 5.10. The van der Waals surface area contributed by atoms with Gasteiger partial charge in [-0.1, -0.05) is 54.8 Å². The van der Waals surface area contributed by atoms with Gasteiger partial charge >= 0.3 is 0 Å². The molecule has 1 saturated carbocycles. The van der Waals surface area contributed by atoms with E-state index in [2.05, 4.69) is 36.1 Å². The summed E-state index contributed by atoms with van der Waals surface area (Å²) in [7, 11) is 0. The van der Waals surface area contributed by atoms with E-state index in [1.807, 2.05) is 35.2 Å². The lowest BCUT2D eigenvalue weighted by Crippen LogP contribution is -2.50. The summed E-state index contributed by atoms with van der Waals surface area (Å²) in [4.78, 5) is 31.3. The Bertz CT molecular complexity index is 1070. The molecule has 2 aromatic rings. The molecule has 2 aliphatic heterocycles. The van der Waals surface area contributed by atoms with Crippen molar-refractivity contribution >= 4 is 29.7 Å². The molecule has 0 bridgehead atoms. The van der Waals surface area contributed by atoms with E-state index in [4.69, 9.17) is 0 Å². The van der Waals surface area contributed by atoms with Gasteiger partial charge in [0.2, 0.25) is 0 Å². The van der Waals surface area contributed by atoms with E-state index in [9.17, 15) is 9.59 Å². The smallest absolute Gasteiger partial charge is 0.260 e. The van der Waals surface area contributed by atoms with E-state index in [0.717, 1.165) is 54.8 Å². The Morgan fingerprint density at radius 2 is 1.76 bits per heavy atom.